The molecular weight excluding hydrogens is 499 g/mol. The molecule has 188 valence electrons. The zero-order valence-electron chi connectivity index (χ0n) is 20.4. The van der Waals surface area contributed by atoms with Crippen molar-refractivity contribution in [2.45, 2.75) is 30.0 Å². The number of benzene rings is 3. The average Bonchev–Trinajstić information content (AvgIpc) is 2.82. The lowest BCUT2D eigenvalue weighted by atomic mass is 9.93. The standard InChI is InChI=1S/C27H27FN2O4S2/c1-27(2,36(4,33)34)21-15-19-6-5-13-29-26(19)24(16-21)18-7-12-25(28)20(14-18)17-30-22-8-10-23(11-9-22)35(3,31)32/h5-16,30H,17H2,1-4H3. The number of nitrogens with one attached hydrogen (secondary N) is 1. The van der Waals surface area contributed by atoms with Gasteiger partial charge in [-0.15, -0.1) is 0 Å². The Morgan fingerprint density at radius 1 is 0.917 bits per heavy atom. The van der Waals surface area contributed by atoms with Crippen molar-refractivity contribution in [1.82, 2.24) is 4.98 Å². The number of sulfone groups is 2. The first-order chi connectivity index (χ1) is 16.8. The molecule has 36 heavy (non-hydrogen) atoms. The lowest BCUT2D eigenvalue weighted by Crippen LogP contribution is -2.28. The van der Waals surface area contributed by atoms with Crippen molar-refractivity contribution in [2.24, 2.45) is 0 Å². The average molecular weight is 527 g/mol. The van der Waals surface area contributed by atoms with Crippen LogP contribution in [0.3, 0.4) is 0 Å². The number of pyridine rings is 1. The molecule has 0 aliphatic rings. The summed E-state index contributed by atoms with van der Waals surface area (Å²) in [7, 11) is -6.72. The lowest BCUT2D eigenvalue weighted by Gasteiger charge is -2.24. The number of nitrogens with zero attached hydrogens (tertiary/aromatic N) is 1. The Bertz CT molecular complexity index is 1660. The summed E-state index contributed by atoms with van der Waals surface area (Å²) in [6, 6.07) is 18.3. The molecule has 0 aliphatic carbocycles. The van der Waals surface area contributed by atoms with Crippen molar-refractivity contribution >= 4 is 36.3 Å². The van der Waals surface area contributed by atoms with Crippen LogP contribution in [0.25, 0.3) is 22.0 Å². The van der Waals surface area contributed by atoms with Gasteiger partial charge in [0, 0.05) is 47.5 Å². The lowest BCUT2D eigenvalue weighted by molar-refractivity contribution is 0.561. The fraction of sp³-hybridized carbons (Fsp3) is 0.222. The first kappa shape index (κ1) is 25.8. The Morgan fingerprint density at radius 2 is 1.61 bits per heavy atom. The number of halogens is 1. The van der Waals surface area contributed by atoms with E-state index < -0.39 is 30.2 Å². The van der Waals surface area contributed by atoms with E-state index in [1.165, 1.54) is 24.5 Å². The summed E-state index contributed by atoms with van der Waals surface area (Å²) in [6.45, 7) is 3.50. The van der Waals surface area contributed by atoms with Crippen LogP contribution < -0.4 is 5.32 Å². The molecule has 0 amide bonds. The maximum atomic E-state index is 14.7. The van der Waals surface area contributed by atoms with Gasteiger partial charge in [0.25, 0.3) is 0 Å². The second-order valence-electron chi connectivity index (χ2n) is 9.34. The smallest absolute Gasteiger partial charge is 0.175 e. The Balaban J connectivity index is 1.74. The molecule has 0 saturated heterocycles. The Morgan fingerprint density at radius 3 is 2.25 bits per heavy atom. The van der Waals surface area contributed by atoms with Crippen LogP contribution in [0.15, 0.2) is 77.8 Å². The van der Waals surface area contributed by atoms with Crippen LogP contribution in [0, 0.1) is 5.82 Å². The van der Waals surface area contributed by atoms with Gasteiger partial charge in [-0.1, -0.05) is 12.1 Å². The van der Waals surface area contributed by atoms with Gasteiger partial charge in [-0.2, -0.15) is 0 Å². The van der Waals surface area contributed by atoms with Crippen molar-refractivity contribution < 1.29 is 21.2 Å². The number of anilines is 1. The third-order valence-corrected chi connectivity index (χ3v) is 9.67. The molecule has 9 heteroatoms. The van der Waals surface area contributed by atoms with E-state index in [9.17, 15) is 21.2 Å². The fourth-order valence-corrected chi connectivity index (χ4v) is 5.05. The molecule has 0 saturated carbocycles. The molecule has 3 aromatic carbocycles. The van der Waals surface area contributed by atoms with Gasteiger partial charge < -0.3 is 5.32 Å². The van der Waals surface area contributed by atoms with Crippen LogP contribution in [0.4, 0.5) is 10.1 Å². The molecule has 0 bridgehead atoms. The van der Waals surface area contributed by atoms with Crippen molar-refractivity contribution in [2.75, 3.05) is 17.8 Å². The van der Waals surface area contributed by atoms with E-state index in [2.05, 4.69) is 10.3 Å². The molecule has 1 aromatic heterocycles. The third-order valence-electron chi connectivity index (χ3n) is 6.45. The Hall–Kier alpha value is -3.30. The van der Waals surface area contributed by atoms with E-state index >= 15 is 0 Å². The first-order valence-corrected chi connectivity index (χ1v) is 15.0. The first-order valence-electron chi connectivity index (χ1n) is 11.2. The minimum Gasteiger partial charge on any atom is -0.381 e. The van der Waals surface area contributed by atoms with Gasteiger partial charge in [0.05, 0.1) is 15.2 Å². The van der Waals surface area contributed by atoms with E-state index in [1.807, 2.05) is 18.2 Å². The number of rotatable bonds is 7. The van der Waals surface area contributed by atoms with Gasteiger partial charge in [0.15, 0.2) is 19.7 Å². The van der Waals surface area contributed by atoms with Crippen LogP contribution in [0.2, 0.25) is 0 Å². The van der Waals surface area contributed by atoms with E-state index in [0.717, 1.165) is 11.6 Å². The summed E-state index contributed by atoms with van der Waals surface area (Å²) in [5, 5.41) is 3.91. The summed E-state index contributed by atoms with van der Waals surface area (Å²) < 4.78 is 62.0. The van der Waals surface area contributed by atoms with Crippen molar-refractivity contribution in [3.8, 4) is 11.1 Å². The minimum absolute atomic E-state index is 0.164. The summed E-state index contributed by atoms with van der Waals surface area (Å²) in [6.07, 6.45) is 4.02. The highest BCUT2D eigenvalue weighted by Gasteiger charge is 2.33. The SMILES string of the molecule is CC(C)(c1cc(-c2ccc(F)c(CNc3ccc(S(C)(=O)=O)cc3)c2)c2ncccc2c1)S(C)(=O)=O. The Kier molecular flexibility index (Phi) is 6.66. The van der Waals surface area contributed by atoms with Crippen LogP contribution >= 0.6 is 0 Å². The Labute approximate surface area is 211 Å². The van der Waals surface area contributed by atoms with Gasteiger partial charge in [-0.25, -0.2) is 21.2 Å². The van der Waals surface area contributed by atoms with Gasteiger partial charge >= 0.3 is 0 Å². The van der Waals surface area contributed by atoms with Crippen LogP contribution in [-0.4, -0.2) is 34.3 Å². The molecule has 0 fully saturated rings. The number of fused-ring (bicyclic) bond motifs is 1. The maximum absolute atomic E-state index is 14.7. The zero-order valence-corrected chi connectivity index (χ0v) is 22.0. The van der Waals surface area contributed by atoms with E-state index in [-0.39, 0.29) is 11.4 Å². The highest BCUT2D eigenvalue weighted by atomic mass is 32.2. The van der Waals surface area contributed by atoms with E-state index in [4.69, 9.17) is 0 Å². The topological polar surface area (TPSA) is 93.2 Å². The predicted octanol–water partition coefficient (Wildman–Crippen LogP) is 5.34. The van der Waals surface area contributed by atoms with Crippen LogP contribution in [0.5, 0.6) is 0 Å². The molecule has 6 nitrogen and oxygen atoms in total. The van der Waals surface area contributed by atoms with Gasteiger partial charge in [0.2, 0.25) is 0 Å². The normalized spacial score (nSPS) is 12.6. The predicted molar refractivity (Wildman–Crippen MR) is 142 cm³/mol. The van der Waals surface area contributed by atoms with Crippen molar-refractivity contribution in [3.05, 3.63) is 89.9 Å². The van der Waals surface area contributed by atoms with Crippen molar-refractivity contribution in [3.63, 3.8) is 0 Å². The minimum atomic E-state index is -3.42. The van der Waals surface area contributed by atoms with E-state index in [0.29, 0.717) is 33.5 Å². The van der Waals surface area contributed by atoms with Gasteiger partial charge in [-0.05, 0) is 79.6 Å². The fourth-order valence-electron chi connectivity index (χ4n) is 3.87. The molecule has 0 unspecified atom stereocenters. The molecule has 0 radical (unpaired) electrons. The molecule has 0 spiro atoms. The quantitative estimate of drug-likeness (QED) is 0.350. The monoisotopic (exact) mass is 526 g/mol. The summed E-state index contributed by atoms with van der Waals surface area (Å²) in [4.78, 5) is 4.71. The van der Waals surface area contributed by atoms with Crippen LogP contribution in [-0.2, 0) is 31.0 Å². The largest absolute Gasteiger partial charge is 0.381 e. The molecule has 0 atom stereocenters. The molecule has 4 aromatic rings. The third kappa shape index (κ3) is 5.12. The second-order valence-corrected chi connectivity index (χ2v) is 13.9. The highest BCUT2D eigenvalue weighted by molar-refractivity contribution is 7.91. The zero-order chi connectivity index (χ0) is 26.3. The second kappa shape index (κ2) is 9.29. The van der Waals surface area contributed by atoms with Crippen molar-refractivity contribution in [1.29, 1.82) is 0 Å². The van der Waals surface area contributed by atoms with Gasteiger partial charge in [0.1, 0.15) is 5.82 Å². The maximum Gasteiger partial charge on any atom is 0.175 e. The van der Waals surface area contributed by atoms with Gasteiger partial charge in [-0.3, -0.25) is 4.98 Å². The molecule has 1 N–H and O–H groups in total. The molecule has 1 heterocycles. The molecular formula is C27H27FN2O4S2. The molecule has 0 aliphatic heterocycles. The summed E-state index contributed by atoms with van der Waals surface area (Å²) >= 11 is 0. The van der Waals surface area contributed by atoms with E-state index in [1.54, 1.807) is 50.4 Å². The highest BCUT2D eigenvalue weighted by Crippen LogP contribution is 2.36. The summed E-state index contributed by atoms with van der Waals surface area (Å²) in [5.41, 5.74) is 3.77. The number of hydrogen-bond acceptors (Lipinski definition) is 6. The summed E-state index contributed by atoms with van der Waals surface area (Å²) in [5.74, 6) is -0.399. The van der Waals surface area contributed by atoms with Crippen LogP contribution in [0.1, 0.15) is 25.0 Å². The number of aromatic nitrogens is 1. The molecule has 4 rings (SSSR count). The number of hydrogen-bond donors (Lipinski definition) is 1.